The minimum Gasteiger partial charge on any atom is -0.326 e. The van der Waals surface area contributed by atoms with Gasteiger partial charge in [-0.25, -0.2) is 0 Å². The summed E-state index contributed by atoms with van der Waals surface area (Å²) in [6.07, 6.45) is 0.140. The Morgan fingerprint density at radius 1 is 1.43 bits per heavy atom. The molecule has 6 heteroatoms. The number of thiocarbonyl (C=S) groups is 1. The minimum atomic E-state index is -0.413. The fourth-order valence-corrected chi connectivity index (χ4v) is 3.91. The molecular formula is C15H18N2O2S2. The van der Waals surface area contributed by atoms with Crippen LogP contribution in [-0.4, -0.2) is 32.3 Å². The lowest BCUT2D eigenvalue weighted by atomic mass is 10.2. The molecule has 1 N–H and O–H groups in total. The number of rotatable bonds is 4. The number of nitrogens with one attached hydrogen (secondary N) is 1. The molecule has 1 aliphatic rings. The van der Waals surface area contributed by atoms with Gasteiger partial charge in [-0.15, -0.1) is 0 Å². The number of aryl methyl sites for hydroxylation is 1. The largest absolute Gasteiger partial charge is 0.326 e. The SMILES string of the molecule is Cc1ccccc1NC(=O)CC1SC(=S)N(C(C)C)C1=O. The second kappa shape index (κ2) is 6.58. The van der Waals surface area contributed by atoms with Crippen LogP contribution < -0.4 is 5.32 Å². The maximum absolute atomic E-state index is 12.2. The van der Waals surface area contributed by atoms with Crippen LogP contribution in [0.15, 0.2) is 24.3 Å². The highest BCUT2D eigenvalue weighted by Gasteiger charge is 2.39. The number of anilines is 1. The van der Waals surface area contributed by atoms with Crippen molar-refractivity contribution in [2.45, 2.75) is 38.5 Å². The highest BCUT2D eigenvalue weighted by Crippen LogP contribution is 2.31. The van der Waals surface area contributed by atoms with Crippen LogP contribution in [0, 0.1) is 6.92 Å². The first kappa shape index (κ1) is 16.0. The van der Waals surface area contributed by atoms with Crippen LogP contribution in [0.25, 0.3) is 0 Å². The monoisotopic (exact) mass is 322 g/mol. The first-order valence-electron chi connectivity index (χ1n) is 6.79. The topological polar surface area (TPSA) is 49.4 Å². The van der Waals surface area contributed by atoms with E-state index in [0.717, 1.165) is 11.3 Å². The molecule has 1 unspecified atom stereocenters. The molecular weight excluding hydrogens is 304 g/mol. The van der Waals surface area contributed by atoms with Crippen molar-refractivity contribution in [2.24, 2.45) is 0 Å². The molecule has 0 aromatic heterocycles. The predicted octanol–water partition coefficient (Wildman–Crippen LogP) is 2.96. The highest BCUT2D eigenvalue weighted by molar-refractivity contribution is 8.24. The maximum atomic E-state index is 12.2. The zero-order chi connectivity index (χ0) is 15.6. The average Bonchev–Trinajstić information content (AvgIpc) is 2.67. The second-order valence-electron chi connectivity index (χ2n) is 5.24. The third kappa shape index (κ3) is 3.63. The number of thioether (sulfide) groups is 1. The maximum Gasteiger partial charge on any atom is 0.242 e. The number of amides is 2. The molecule has 0 aliphatic carbocycles. The van der Waals surface area contributed by atoms with Crippen LogP contribution in [-0.2, 0) is 9.59 Å². The fourth-order valence-electron chi connectivity index (χ4n) is 2.15. The van der Waals surface area contributed by atoms with Gasteiger partial charge in [0.25, 0.3) is 0 Å². The molecule has 112 valence electrons. The van der Waals surface area contributed by atoms with E-state index in [9.17, 15) is 9.59 Å². The van der Waals surface area contributed by atoms with Crippen LogP contribution >= 0.6 is 24.0 Å². The van der Waals surface area contributed by atoms with E-state index in [1.165, 1.54) is 11.8 Å². The van der Waals surface area contributed by atoms with E-state index < -0.39 is 5.25 Å². The van der Waals surface area contributed by atoms with Gasteiger partial charge >= 0.3 is 0 Å². The summed E-state index contributed by atoms with van der Waals surface area (Å²) in [7, 11) is 0. The summed E-state index contributed by atoms with van der Waals surface area (Å²) in [6, 6.07) is 7.60. The van der Waals surface area contributed by atoms with E-state index in [1.54, 1.807) is 4.90 Å². The first-order chi connectivity index (χ1) is 9.90. The third-order valence-electron chi connectivity index (χ3n) is 3.26. The Bertz CT molecular complexity index is 587. The molecule has 0 radical (unpaired) electrons. The quantitative estimate of drug-likeness (QED) is 0.866. The van der Waals surface area contributed by atoms with Gasteiger partial charge in [0.1, 0.15) is 4.32 Å². The van der Waals surface area contributed by atoms with E-state index in [1.807, 2.05) is 45.0 Å². The van der Waals surface area contributed by atoms with Gasteiger partial charge in [-0.3, -0.25) is 14.5 Å². The Morgan fingerprint density at radius 3 is 2.67 bits per heavy atom. The van der Waals surface area contributed by atoms with E-state index in [-0.39, 0.29) is 24.3 Å². The number of nitrogens with zero attached hydrogens (tertiary/aromatic N) is 1. The van der Waals surface area contributed by atoms with Crippen molar-refractivity contribution in [1.29, 1.82) is 0 Å². The Labute approximate surface area is 134 Å². The van der Waals surface area contributed by atoms with Crippen molar-refractivity contribution >= 4 is 45.8 Å². The summed E-state index contributed by atoms with van der Waals surface area (Å²) >= 11 is 6.51. The zero-order valence-electron chi connectivity index (χ0n) is 12.3. The molecule has 1 aromatic rings. The van der Waals surface area contributed by atoms with Crippen LogP contribution in [0.2, 0.25) is 0 Å². The molecule has 1 aliphatic heterocycles. The number of hydrogen-bond acceptors (Lipinski definition) is 4. The molecule has 2 amide bonds. The Balaban J connectivity index is 2.00. The minimum absolute atomic E-state index is 0.0296. The van der Waals surface area contributed by atoms with E-state index in [0.29, 0.717) is 4.32 Å². The molecule has 0 spiro atoms. The van der Waals surface area contributed by atoms with Gasteiger partial charge in [-0.2, -0.15) is 0 Å². The smallest absolute Gasteiger partial charge is 0.242 e. The summed E-state index contributed by atoms with van der Waals surface area (Å²) < 4.78 is 0.559. The molecule has 1 saturated heterocycles. The molecule has 1 atom stereocenters. The number of hydrogen-bond donors (Lipinski definition) is 1. The predicted molar refractivity (Wildman–Crippen MR) is 90.4 cm³/mol. The lowest BCUT2D eigenvalue weighted by Gasteiger charge is -2.19. The fraction of sp³-hybridized carbons (Fsp3) is 0.400. The number of para-hydroxylation sites is 1. The molecule has 4 nitrogen and oxygen atoms in total. The number of benzene rings is 1. The van der Waals surface area contributed by atoms with Gasteiger partial charge in [-0.1, -0.05) is 42.2 Å². The Kier molecular flexibility index (Phi) is 5.00. The van der Waals surface area contributed by atoms with Crippen molar-refractivity contribution in [2.75, 3.05) is 5.32 Å². The first-order valence-corrected chi connectivity index (χ1v) is 8.08. The van der Waals surface area contributed by atoms with Gasteiger partial charge < -0.3 is 5.32 Å². The summed E-state index contributed by atoms with van der Waals surface area (Å²) in [5, 5.41) is 2.44. The molecule has 2 rings (SSSR count). The average molecular weight is 322 g/mol. The van der Waals surface area contributed by atoms with E-state index in [4.69, 9.17) is 12.2 Å². The highest BCUT2D eigenvalue weighted by atomic mass is 32.2. The van der Waals surface area contributed by atoms with E-state index >= 15 is 0 Å². The van der Waals surface area contributed by atoms with Crippen LogP contribution in [0.3, 0.4) is 0 Å². The lowest BCUT2D eigenvalue weighted by molar-refractivity contribution is -0.129. The van der Waals surface area contributed by atoms with Gasteiger partial charge in [0.05, 0.1) is 5.25 Å². The van der Waals surface area contributed by atoms with Gasteiger partial charge in [0.2, 0.25) is 11.8 Å². The Hall–Kier alpha value is -1.40. The van der Waals surface area contributed by atoms with Crippen molar-refractivity contribution in [3.8, 4) is 0 Å². The zero-order valence-corrected chi connectivity index (χ0v) is 13.9. The van der Waals surface area contributed by atoms with Gasteiger partial charge in [0.15, 0.2) is 0 Å². The van der Waals surface area contributed by atoms with E-state index in [2.05, 4.69) is 5.32 Å². The number of carbonyl (C=O) groups is 2. The molecule has 0 bridgehead atoms. The van der Waals surface area contributed by atoms with Crippen LogP contribution in [0.5, 0.6) is 0 Å². The summed E-state index contributed by atoms with van der Waals surface area (Å²) in [5.41, 5.74) is 1.77. The van der Waals surface area contributed by atoms with Crippen molar-refractivity contribution in [3.63, 3.8) is 0 Å². The van der Waals surface area contributed by atoms with Crippen molar-refractivity contribution in [3.05, 3.63) is 29.8 Å². The Morgan fingerprint density at radius 2 is 2.10 bits per heavy atom. The summed E-state index contributed by atoms with van der Waals surface area (Å²) in [4.78, 5) is 25.9. The van der Waals surface area contributed by atoms with Crippen molar-refractivity contribution < 1.29 is 9.59 Å². The summed E-state index contributed by atoms with van der Waals surface area (Å²) in [5.74, 6) is -0.233. The molecule has 1 heterocycles. The molecule has 1 fully saturated rings. The normalized spacial score (nSPS) is 18.5. The van der Waals surface area contributed by atoms with Crippen LogP contribution in [0.1, 0.15) is 25.8 Å². The van der Waals surface area contributed by atoms with Gasteiger partial charge in [-0.05, 0) is 32.4 Å². The lowest BCUT2D eigenvalue weighted by Crippen LogP contribution is -2.37. The van der Waals surface area contributed by atoms with Crippen molar-refractivity contribution in [1.82, 2.24) is 4.90 Å². The molecule has 0 saturated carbocycles. The van der Waals surface area contributed by atoms with Crippen LogP contribution in [0.4, 0.5) is 5.69 Å². The molecule has 21 heavy (non-hydrogen) atoms. The summed E-state index contributed by atoms with van der Waals surface area (Å²) in [6.45, 7) is 5.77. The molecule has 1 aromatic carbocycles. The standard InChI is InChI=1S/C15H18N2O2S2/c1-9(2)17-14(19)12(21-15(17)20)8-13(18)16-11-7-5-4-6-10(11)3/h4-7,9,12H,8H2,1-3H3,(H,16,18). The van der Waals surface area contributed by atoms with Gasteiger partial charge in [0, 0.05) is 18.2 Å². The number of carbonyl (C=O) groups excluding carboxylic acids is 2. The second-order valence-corrected chi connectivity index (χ2v) is 7.08. The third-order valence-corrected chi connectivity index (χ3v) is 4.80.